The Morgan fingerprint density at radius 1 is 1.29 bits per heavy atom. The van der Waals surface area contributed by atoms with Gasteiger partial charge < -0.3 is 5.32 Å². The van der Waals surface area contributed by atoms with Crippen molar-refractivity contribution < 1.29 is 0 Å². The highest BCUT2D eigenvalue weighted by Gasteiger charge is 2.09. The van der Waals surface area contributed by atoms with E-state index >= 15 is 0 Å². The van der Waals surface area contributed by atoms with Crippen LogP contribution >= 0.6 is 11.8 Å². The van der Waals surface area contributed by atoms with E-state index in [-0.39, 0.29) is 0 Å². The van der Waals surface area contributed by atoms with Gasteiger partial charge in [-0.05, 0) is 0 Å². The largest absolute Gasteiger partial charge is 0.357 e. The molecule has 2 aromatic rings. The number of aromatic nitrogens is 6. The topological polar surface area (TPSA) is 81.4 Å². The zero-order chi connectivity index (χ0) is 12.3. The van der Waals surface area contributed by atoms with E-state index in [1.807, 2.05) is 0 Å². The summed E-state index contributed by atoms with van der Waals surface area (Å²) in [5.41, 5.74) is 0. The van der Waals surface area contributed by atoms with Gasteiger partial charge in [-0.15, -0.1) is 0 Å². The standard InChI is InChI=1S/C9H13N7S/c1-6(2)17-9-14-7(10-3)13-8(15-9)16-5-11-4-12-16/h4-6H,1-3H3,(H,10,13,14,15). The first-order valence-electron chi connectivity index (χ1n) is 5.14. The molecule has 0 spiro atoms. The molecule has 0 aliphatic carbocycles. The maximum absolute atomic E-state index is 4.33. The first kappa shape index (κ1) is 11.8. The van der Waals surface area contributed by atoms with Crippen molar-refractivity contribution in [3.05, 3.63) is 12.7 Å². The molecule has 7 nitrogen and oxygen atoms in total. The van der Waals surface area contributed by atoms with Crippen LogP contribution < -0.4 is 5.32 Å². The van der Waals surface area contributed by atoms with Crippen molar-refractivity contribution in [2.45, 2.75) is 24.3 Å². The Kier molecular flexibility index (Phi) is 3.52. The Labute approximate surface area is 103 Å². The van der Waals surface area contributed by atoms with E-state index in [0.717, 1.165) is 0 Å². The van der Waals surface area contributed by atoms with E-state index in [4.69, 9.17) is 0 Å². The molecule has 17 heavy (non-hydrogen) atoms. The number of hydrogen-bond donors (Lipinski definition) is 1. The summed E-state index contributed by atoms with van der Waals surface area (Å²) in [6, 6.07) is 0. The van der Waals surface area contributed by atoms with Crippen molar-refractivity contribution in [3.63, 3.8) is 0 Å². The Hall–Kier alpha value is -1.70. The molecular weight excluding hydrogens is 238 g/mol. The summed E-state index contributed by atoms with van der Waals surface area (Å²) < 4.78 is 1.51. The van der Waals surface area contributed by atoms with Crippen molar-refractivity contribution in [3.8, 4) is 5.95 Å². The van der Waals surface area contributed by atoms with Gasteiger partial charge >= 0.3 is 0 Å². The average molecular weight is 251 g/mol. The van der Waals surface area contributed by atoms with Crippen LogP contribution in [0, 0.1) is 0 Å². The quantitative estimate of drug-likeness (QED) is 0.811. The summed E-state index contributed by atoms with van der Waals surface area (Å²) in [5, 5.41) is 7.98. The molecule has 0 atom stereocenters. The van der Waals surface area contributed by atoms with Gasteiger partial charge in [-0.2, -0.15) is 24.7 Å². The predicted octanol–water partition coefficient (Wildman–Crippen LogP) is 0.994. The number of hydrogen-bond acceptors (Lipinski definition) is 7. The molecule has 2 aromatic heterocycles. The Morgan fingerprint density at radius 3 is 2.71 bits per heavy atom. The normalized spacial score (nSPS) is 10.8. The molecule has 2 heterocycles. The molecule has 90 valence electrons. The van der Waals surface area contributed by atoms with Crippen LogP contribution in [0.2, 0.25) is 0 Å². The third-order valence-electron chi connectivity index (χ3n) is 1.79. The highest BCUT2D eigenvalue weighted by Crippen LogP contribution is 2.20. The lowest BCUT2D eigenvalue weighted by Gasteiger charge is -2.07. The molecule has 1 N–H and O–H groups in total. The van der Waals surface area contributed by atoms with Gasteiger partial charge in [-0.1, -0.05) is 25.6 Å². The molecule has 0 unspecified atom stereocenters. The molecule has 0 radical (unpaired) electrons. The molecule has 0 aromatic carbocycles. The minimum absolute atomic E-state index is 0.408. The van der Waals surface area contributed by atoms with Gasteiger partial charge in [-0.3, -0.25) is 0 Å². The maximum Gasteiger partial charge on any atom is 0.257 e. The van der Waals surface area contributed by atoms with Gasteiger partial charge in [0, 0.05) is 12.3 Å². The zero-order valence-electron chi connectivity index (χ0n) is 9.82. The van der Waals surface area contributed by atoms with E-state index < -0.39 is 0 Å². The van der Waals surface area contributed by atoms with Gasteiger partial charge in [0.25, 0.3) is 5.95 Å². The fourth-order valence-electron chi connectivity index (χ4n) is 1.14. The Morgan fingerprint density at radius 2 is 2.12 bits per heavy atom. The fraction of sp³-hybridized carbons (Fsp3) is 0.444. The van der Waals surface area contributed by atoms with Crippen LogP contribution in [0.5, 0.6) is 0 Å². The second kappa shape index (κ2) is 5.09. The second-order valence-electron chi connectivity index (χ2n) is 3.50. The average Bonchev–Trinajstić information content (AvgIpc) is 2.81. The highest BCUT2D eigenvalue weighted by atomic mass is 32.2. The third-order valence-corrected chi connectivity index (χ3v) is 2.66. The van der Waals surface area contributed by atoms with Crippen LogP contribution in [0.25, 0.3) is 5.95 Å². The van der Waals surface area contributed by atoms with Crippen molar-refractivity contribution in [2.75, 3.05) is 12.4 Å². The SMILES string of the molecule is CNc1nc(SC(C)C)nc(-n2cncn2)n1. The number of rotatable bonds is 4. The van der Waals surface area contributed by atoms with E-state index in [0.29, 0.717) is 22.3 Å². The van der Waals surface area contributed by atoms with Crippen LogP contribution in [0.3, 0.4) is 0 Å². The van der Waals surface area contributed by atoms with E-state index in [9.17, 15) is 0 Å². The van der Waals surface area contributed by atoms with E-state index in [1.54, 1.807) is 25.1 Å². The van der Waals surface area contributed by atoms with E-state index in [2.05, 4.69) is 44.2 Å². The molecule has 0 amide bonds. The zero-order valence-corrected chi connectivity index (χ0v) is 10.6. The number of nitrogens with one attached hydrogen (secondary N) is 1. The summed E-state index contributed by atoms with van der Waals surface area (Å²) in [7, 11) is 1.77. The van der Waals surface area contributed by atoms with Crippen molar-refractivity contribution in [1.82, 2.24) is 29.7 Å². The van der Waals surface area contributed by atoms with Gasteiger partial charge in [0.1, 0.15) is 12.7 Å². The monoisotopic (exact) mass is 251 g/mol. The van der Waals surface area contributed by atoms with Crippen LogP contribution in [0.4, 0.5) is 5.95 Å². The molecule has 0 aliphatic rings. The molecule has 0 saturated carbocycles. The number of thioether (sulfide) groups is 1. The van der Waals surface area contributed by atoms with Crippen LogP contribution in [-0.4, -0.2) is 42.0 Å². The van der Waals surface area contributed by atoms with Gasteiger partial charge in [0.2, 0.25) is 5.95 Å². The predicted molar refractivity (Wildman–Crippen MR) is 65.3 cm³/mol. The van der Waals surface area contributed by atoms with Crippen LogP contribution in [0.15, 0.2) is 17.8 Å². The summed E-state index contributed by atoms with van der Waals surface area (Å²) in [6.45, 7) is 4.17. The van der Waals surface area contributed by atoms with Gasteiger partial charge in [0.05, 0.1) is 0 Å². The van der Waals surface area contributed by atoms with Gasteiger partial charge in [-0.25, -0.2) is 4.98 Å². The first-order chi connectivity index (χ1) is 8.19. The molecule has 8 heteroatoms. The molecule has 0 fully saturated rings. The molecule has 2 rings (SSSR count). The lowest BCUT2D eigenvalue weighted by Crippen LogP contribution is -2.08. The molecule has 0 aliphatic heterocycles. The maximum atomic E-state index is 4.33. The summed E-state index contributed by atoms with van der Waals surface area (Å²) in [5.74, 6) is 0.985. The van der Waals surface area contributed by atoms with E-state index in [1.165, 1.54) is 11.0 Å². The smallest absolute Gasteiger partial charge is 0.257 e. The fourth-order valence-corrected chi connectivity index (χ4v) is 1.83. The Bertz CT molecular complexity index is 482. The highest BCUT2D eigenvalue weighted by molar-refractivity contribution is 7.99. The molecule has 0 bridgehead atoms. The summed E-state index contributed by atoms with van der Waals surface area (Å²) in [4.78, 5) is 16.7. The van der Waals surface area contributed by atoms with Gasteiger partial charge in [0.15, 0.2) is 5.16 Å². The molecule has 0 saturated heterocycles. The summed E-state index contributed by atoms with van der Waals surface area (Å²) >= 11 is 1.58. The lowest BCUT2D eigenvalue weighted by molar-refractivity contribution is 0.760. The number of nitrogens with zero attached hydrogens (tertiary/aromatic N) is 6. The Balaban J connectivity index is 2.38. The third kappa shape index (κ3) is 2.90. The van der Waals surface area contributed by atoms with Crippen molar-refractivity contribution in [2.24, 2.45) is 0 Å². The molecular formula is C9H13N7S. The van der Waals surface area contributed by atoms with Crippen LogP contribution in [0.1, 0.15) is 13.8 Å². The lowest BCUT2D eigenvalue weighted by atomic mass is 10.6. The minimum Gasteiger partial charge on any atom is -0.357 e. The minimum atomic E-state index is 0.408. The summed E-state index contributed by atoms with van der Waals surface area (Å²) in [6.07, 6.45) is 3.00. The first-order valence-corrected chi connectivity index (χ1v) is 6.02. The van der Waals surface area contributed by atoms with Crippen LogP contribution in [-0.2, 0) is 0 Å². The van der Waals surface area contributed by atoms with Crippen molar-refractivity contribution in [1.29, 1.82) is 0 Å². The second-order valence-corrected chi connectivity index (χ2v) is 5.04. The van der Waals surface area contributed by atoms with Crippen molar-refractivity contribution >= 4 is 17.7 Å². The number of anilines is 1.